The van der Waals surface area contributed by atoms with Crippen LogP contribution in [0.15, 0.2) is 160 Å². The van der Waals surface area contributed by atoms with Crippen LogP contribution in [0.1, 0.15) is 163 Å². The normalized spacial score (nSPS) is 14.9. The number of aromatic nitrogens is 15. The van der Waals surface area contributed by atoms with E-state index in [0.29, 0.717) is 141 Å². The molecule has 2 saturated heterocycles. The molecule has 0 aliphatic carbocycles. The number of amidine groups is 4. The van der Waals surface area contributed by atoms with Crippen molar-refractivity contribution in [1.82, 2.24) is 77.0 Å². The Morgan fingerprint density at radius 2 is 1.18 bits per heavy atom. The number of nitrogens with two attached hydrogens (primary N) is 4. The zero-order chi connectivity index (χ0) is 105. The quantitative estimate of drug-likeness (QED) is 0.0123. The van der Waals surface area contributed by atoms with E-state index in [1.165, 1.54) is 43.7 Å². The molecule has 148 heavy (non-hydrogen) atoms. The summed E-state index contributed by atoms with van der Waals surface area (Å²) in [5, 5.41) is 34.4. The van der Waals surface area contributed by atoms with Crippen molar-refractivity contribution in [2.75, 3.05) is 96.5 Å². The lowest BCUT2D eigenvalue weighted by Gasteiger charge is -2.18. The first kappa shape index (κ1) is 105. The van der Waals surface area contributed by atoms with Crippen LogP contribution in [0.3, 0.4) is 0 Å². The Hall–Kier alpha value is -15.6. The second-order valence-corrected chi connectivity index (χ2v) is 39.4. The number of fused-ring (bicyclic) bond motifs is 4. The van der Waals surface area contributed by atoms with Gasteiger partial charge in [0, 0.05) is 130 Å². The number of aromatic amines is 4. The molecule has 15 aromatic heterocycles. The number of aryl methyl sites for hydroxylation is 4. The van der Waals surface area contributed by atoms with E-state index in [9.17, 15) is 48.3 Å². The summed E-state index contributed by atoms with van der Waals surface area (Å²) in [5.41, 5.74) is 33.4. The number of hydrogen-bond acceptors (Lipinski definition) is 35. The van der Waals surface area contributed by atoms with E-state index in [1.54, 1.807) is 75.0 Å². The van der Waals surface area contributed by atoms with E-state index in [0.717, 1.165) is 122 Å². The van der Waals surface area contributed by atoms with Gasteiger partial charge in [0.15, 0.2) is 11.4 Å². The number of methoxy groups -OCH3 is 1. The molecule has 3 amide bonds. The number of aromatic hydroxyl groups is 1. The molecule has 2 fully saturated rings. The Labute approximate surface area is 874 Å². The van der Waals surface area contributed by atoms with Crippen LogP contribution >= 0.6 is 80.9 Å². The topological polar surface area (TPSA) is 618 Å². The molecule has 19 heterocycles. The maximum Gasteiger partial charge on any atom is 0.283 e. The number of anilines is 11. The van der Waals surface area contributed by atoms with Gasteiger partial charge in [0.05, 0.1) is 46.7 Å². The second kappa shape index (κ2) is 46.0. The summed E-state index contributed by atoms with van der Waals surface area (Å²) >= 11 is 23.0. The number of carbonyl (C=O) groups is 5. The van der Waals surface area contributed by atoms with Crippen molar-refractivity contribution in [3.05, 3.63) is 257 Å². The summed E-state index contributed by atoms with van der Waals surface area (Å²) in [7, 11) is 5.32. The Morgan fingerprint density at radius 3 is 1.79 bits per heavy atom. The number of halogens is 3. The number of aliphatic imine (C=N–C) groups is 4. The van der Waals surface area contributed by atoms with Gasteiger partial charge in [-0.25, -0.2) is 34.9 Å². The standard InChI is InChI=1S/C26H28ClN9O3S.C25H24N8O3S.C23H23Cl2N7O3S.C23H27N7O4S/c1-13-12-18(35(2)3)33-23-15(13)9-11-36(23)26(39)21-16(27)5-6-17(31-21)32-25-20(24(38)34-40-25)22(28)29-10-8-14-4-7-19(37)30-14;1-4-14(3)27-21(26)20-23(34)32-37-24(20)30-19-7-5-6-17(28-19)25(35)33-10-8-15-13(2)12-18(29-22(15)33)16-9-11-36-31-16;1-11-15(29-22-17(21(33)31-36-22)19(26)28-10-12-3-2-8-35-12)4-6-27-18(11)23(34)32-7-5-13-14(24)9-16(25)30-20(13)32;1-11-9-12(2)27-20-14(11)6-8-30(20)23(33)17-18(31)15(5-7-25-17)28-22-16(21(32)29-35-22)19(24)26-10-13(3)34-4/h5-6,9,11-12,14H,4,7-8,10H2,1-3H3,(H2,28,29)(H,30,37)(H,31,32)(H,34,38);5-12,14H,4H2,1-3H3,(H2,26,27)(H,28,30)(H,32,34);4,6,9,12H,2-3,5,7-8,10H2,1H3,(H2,26,28)(H,27,29)(H,31,33);5,7,9,13,31H,6,8,10H2,1-4H3,(H2,24,26)(H,25,28)(H,29,32). The van der Waals surface area contributed by atoms with Gasteiger partial charge in [-0.15, -0.1) is 0 Å². The number of nitrogens with zero attached hydrogens (tertiary/aromatic N) is 18. The third kappa shape index (κ3) is 23.3. The number of rotatable bonds is 28. The van der Waals surface area contributed by atoms with Crippen molar-refractivity contribution in [1.29, 1.82) is 0 Å². The SMILES string of the molecule is CCC(C)N=C(N)c1c(Nc2cccc(C(=O)n3ccc4c(C)cc(-c5ccon5)nc43)n2)s[nH]c1=O.COC(C)CN=C(N)c1c(Nc2ccnc(C(=O)N3CCc4c(C)cc(C)nc43)c2O)s[nH]c1=O.Cc1c(Nc2s[nH]c(=O)c2C(N)=NCC2CCCO2)ccnc1C(=O)N1CCc2c(Cl)cc(Cl)nc21.Cc1cc(N(C)C)nc2c1ccn2C(=O)c1nc(Nc2s[nH]c(=O)c2C(N)=NCCC2CCC(=O)N2)ccc1Cl. The van der Waals surface area contributed by atoms with Gasteiger partial charge in [0.2, 0.25) is 5.91 Å². The molecule has 19 rings (SSSR count). The molecule has 0 saturated carbocycles. The van der Waals surface area contributed by atoms with Crippen molar-refractivity contribution >= 4 is 216 Å². The Bertz CT molecular complexity index is 8000. The third-order valence-electron chi connectivity index (χ3n) is 24.5. The number of pyridine rings is 8. The minimum atomic E-state index is -0.459. The highest BCUT2D eigenvalue weighted by atomic mass is 35.5. The van der Waals surface area contributed by atoms with Crippen molar-refractivity contribution in [3.63, 3.8) is 0 Å². The Balaban J connectivity index is 0.000000141. The zero-order valence-electron chi connectivity index (χ0n) is 81.7. The van der Waals surface area contributed by atoms with Crippen LogP contribution in [0, 0.1) is 34.6 Å². The molecule has 4 aliphatic heterocycles. The van der Waals surface area contributed by atoms with Gasteiger partial charge >= 0.3 is 0 Å². The number of amides is 3. The van der Waals surface area contributed by atoms with Gasteiger partial charge in [-0.05, 0) is 235 Å². The molecule has 768 valence electrons. The van der Waals surface area contributed by atoms with E-state index in [4.69, 9.17) is 71.7 Å². The smallest absolute Gasteiger partial charge is 0.283 e. The van der Waals surface area contributed by atoms with Crippen LogP contribution in [0.4, 0.5) is 60.5 Å². The molecule has 4 unspecified atom stereocenters. The van der Waals surface area contributed by atoms with Crippen LogP contribution in [-0.2, 0) is 27.1 Å². The number of carbonyl (C=O) groups excluding carboxylic acids is 5. The van der Waals surface area contributed by atoms with Crippen LogP contribution in [-0.4, -0.2) is 214 Å². The van der Waals surface area contributed by atoms with Gasteiger partial charge in [-0.1, -0.05) is 52.9 Å². The molecule has 0 radical (unpaired) electrons. The highest BCUT2D eigenvalue weighted by Gasteiger charge is 2.36. The first-order chi connectivity index (χ1) is 71.0. The van der Waals surface area contributed by atoms with Crippen LogP contribution in [0.5, 0.6) is 5.75 Å². The summed E-state index contributed by atoms with van der Waals surface area (Å²) in [6, 6.07) is 24.2. The predicted molar refractivity (Wildman–Crippen MR) is 577 cm³/mol. The van der Waals surface area contributed by atoms with Crippen molar-refractivity contribution in [3.8, 4) is 17.1 Å². The zero-order valence-corrected chi connectivity index (χ0v) is 87.2. The highest BCUT2D eigenvalue weighted by Crippen LogP contribution is 2.40. The minimum Gasteiger partial charge on any atom is -0.504 e. The Morgan fingerprint density at radius 1 is 0.595 bits per heavy atom. The van der Waals surface area contributed by atoms with Gasteiger partial charge in [-0.2, -0.15) is 0 Å². The molecule has 44 nitrogen and oxygen atoms in total. The maximum absolute atomic E-state index is 13.6. The monoisotopic (exact) mass is 2140 g/mol. The summed E-state index contributed by atoms with van der Waals surface area (Å²) in [6.07, 6.45) is 13.4. The van der Waals surface area contributed by atoms with Crippen LogP contribution in [0.25, 0.3) is 33.5 Å². The summed E-state index contributed by atoms with van der Waals surface area (Å²) < 4.78 is 29.2. The lowest BCUT2D eigenvalue weighted by molar-refractivity contribution is -0.119. The average molecular weight is 2140 g/mol. The molecular weight excluding hydrogens is 2040 g/mol. The highest BCUT2D eigenvalue weighted by molar-refractivity contribution is 7.11. The fourth-order valence-corrected chi connectivity index (χ4v) is 20.2. The molecule has 4 atom stereocenters. The van der Waals surface area contributed by atoms with Crippen LogP contribution in [0.2, 0.25) is 15.2 Å². The first-order valence-electron chi connectivity index (χ1n) is 46.5. The summed E-state index contributed by atoms with van der Waals surface area (Å²) in [4.78, 5) is 173. The van der Waals surface area contributed by atoms with E-state index >= 15 is 0 Å². The lowest BCUT2D eigenvalue weighted by atomic mass is 10.1. The van der Waals surface area contributed by atoms with Crippen molar-refractivity contribution in [2.24, 2.45) is 42.9 Å². The van der Waals surface area contributed by atoms with E-state index in [2.05, 4.69) is 109 Å². The van der Waals surface area contributed by atoms with Crippen molar-refractivity contribution in [2.45, 2.75) is 131 Å². The summed E-state index contributed by atoms with van der Waals surface area (Å²) in [5.74, 6) is 0.907. The van der Waals surface area contributed by atoms with Gasteiger partial charge in [0.1, 0.15) is 140 Å². The second-order valence-electron chi connectivity index (χ2n) is 34.9. The Kier molecular flexibility index (Phi) is 32.7. The van der Waals surface area contributed by atoms with E-state index < -0.39 is 22.9 Å². The minimum absolute atomic E-state index is 0.0172. The molecule has 18 N–H and O–H groups in total. The van der Waals surface area contributed by atoms with Crippen molar-refractivity contribution < 1.29 is 43.1 Å². The van der Waals surface area contributed by atoms with Crippen LogP contribution < -0.4 is 86.5 Å². The number of ether oxygens (including phenoxy) is 2. The molecule has 0 aromatic carbocycles. The number of hydrogen-bond donors (Lipinski definition) is 14. The fraction of sp³-hybridized carbons (Fsp3) is 0.299. The molecule has 0 bridgehead atoms. The fourth-order valence-electron chi connectivity index (χ4n) is 16.5. The number of H-pyrrole nitrogens is 4. The summed E-state index contributed by atoms with van der Waals surface area (Å²) in [6.45, 7) is 17.9. The third-order valence-corrected chi connectivity index (χ3v) is 28.5. The van der Waals surface area contributed by atoms with Gasteiger partial charge in [-0.3, -0.25) is 105 Å². The molecule has 0 spiro atoms. The molecular formula is C97H102Cl3N31O13S4. The van der Waals surface area contributed by atoms with Gasteiger partial charge in [0.25, 0.3) is 45.9 Å². The average Bonchev–Trinajstić information content (AvgIpc) is 1.63. The van der Waals surface area contributed by atoms with Gasteiger partial charge < -0.3 is 73.5 Å². The predicted octanol–water partition coefficient (Wildman–Crippen LogP) is 13.0. The number of nitrogens with one attached hydrogen (secondary N) is 9. The lowest BCUT2D eigenvalue weighted by Crippen LogP contribution is -2.31. The first-order valence-corrected chi connectivity index (χ1v) is 50.9. The molecule has 15 aromatic rings. The molecule has 51 heteroatoms. The molecule has 4 aliphatic rings. The van der Waals surface area contributed by atoms with E-state index in [-0.39, 0.29) is 150 Å². The van der Waals surface area contributed by atoms with E-state index in [1.807, 2.05) is 97.8 Å². The largest absolute Gasteiger partial charge is 0.504 e. The maximum atomic E-state index is 13.6.